The summed E-state index contributed by atoms with van der Waals surface area (Å²) in [5.74, 6) is 1.42. The van der Waals surface area contributed by atoms with Crippen molar-refractivity contribution >= 4 is 44.4 Å². The number of hydrogen-bond donors (Lipinski definition) is 1. The van der Waals surface area contributed by atoms with Gasteiger partial charge < -0.3 is 14.8 Å². The van der Waals surface area contributed by atoms with Crippen LogP contribution >= 0.6 is 23.1 Å². The first-order valence-electron chi connectivity index (χ1n) is 7.66. The maximum absolute atomic E-state index is 12.4. The number of para-hydroxylation sites is 1. The molecule has 1 atom stereocenters. The number of thioether (sulfide) groups is 1. The van der Waals surface area contributed by atoms with Gasteiger partial charge in [0.15, 0.2) is 5.13 Å². The Hall–Kier alpha value is -2.25. The van der Waals surface area contributed by atoms with Gasteiger partial charge in [-0.25, -0.2) is 4.98 Å². The summed E-state index contributed by atoms with van der Waals surface area (Å²) in [6.45, 7) is 1.87. The van der Waals surface area contributed by atoms with Crippen LogP contribution in [-0.4, -0.2) is 30.4 Å². The SMILES string of the molecule is COc1ccc(SC(C)C(=O)Nc2nc3c(OC)cccc3s2)cc1. The van der Waals surface area contributed by atoms with Crippen molar-refractivity contribution in [3.8, 4) is 11.5 Å². The number of nitrogens with one attached hydrogen (secondary N) is 1. The Morgan fingerprint density at radius 3 is 2.60 bits per heavy atom. The van der Waals surface area contributed by atoms with Gasteiger partial charge in [0.25, 0.3) is 0 Å². The Bertz CT molecular complexity index is 878. The number of ether oxygens (including phenoxy) is 2. The second-order valence-electron chi connectivity index (χ2n) is 5.25. The van der Waals surface area contributed by atoms with Crippen LogP contribution in [0.3, 0.4) is 0 Å². The molecule has 1 aromatic heterocycles. The van der Waals surface area contributed by atoms with Crippen molar-refractivity contribution < 1.29 is 14.3 Å². The van der Waals surface area contributed by atoms with Crippen LogP contribution in [0.25, 0.3) is 10.2 Å². The molecule has 0 saturated carbocycles. The van der Waals surface area contributed by atoms with Crippen molar-refractivity contribution in [1.29, 1.82) is 0 Å². The zero-order chi connectivity index (χ0) is 17.8. The number of amides is 1. The molecule has 5 nitrogen and oxygen atoms in total. The van der Waals surface area contributed by atoms with Crippen LogP contribution in [0.15, 0.2) is 47.4 Å². The van der Waals surface area contributed by atoms with Crippen LogP contribution in [0.2, 0.25) is 0 Å². The van der Waals surface area contributed by atoms with Crippen LogP contribution in [0.1, 0.15) is 6.92 Å². The van der Waals surface area contributed by atoms with Crippen LogP contribution in [-0.2, 0) is 4.79 Å². The average Bonchev–Trinajstić information content (AvgIpc) is 3.04. The monoisotopic (exact) mass is 374 g/mol. The quantitative estimate of drug-likeness (QED) is 0.647. The summed E-state index contributed by atoms with van der Waals surface area (Å²) in [6, 6.07) is 13.4. The number of carbonyl (C=O) groups is 1. The van der Waals surface area contributed by atoms with Crippen LogP contribution in [0.4, 0.5) is 5.13 Å². The minimum atomic E-state index is -0.248. The highest BCUT2D eigenvalue weighted by Gasteiger charge is 2.17. The number of benzene rings is 2. The number of carbonyl (C=O) groups excluding carboxylic acids is 1. The lowest BCUT2D eigenvalue weighted by atomic mass is 10.3. The highest BCUT2D eigenvalue weighted by atomic mass is 32.2. The van der Waals surface area contributed by atoms with Crippen LogP contribution in [0.5, 0.6) is 11.5 Å². The first kappa shape index (κ1) is 17.6. The number of hydrogen-bond acceptors (Lipinski definition) is 6. The minimum absolute atomic E-state index is 0.0844. The van der Waals surface area contributed by atoms with Gasteiger partial charge in [-0.05, 0) is 43.3 Å². The standard InChI is InChI=1S/C18H18N2O3S2/c1-11(24-13-9-7-12(22-2)8-10-13)17(21)20-18-19-16-14(23-3)5-4-6-15(16)25-18/h4-11H,1-3H3,(H,19,20,21). The number of fused-ring (bicyclic) bond motifs is 1. The average molecular weight is 374 g/mol. The van der Waals surface area contributed by atoms with E-state index in [9.17, 15) is 4.79 Å². The van der Waals surface area contributed by atoms with Crippen LogP contribution < -0.4 is 14.8 Å². The molecule has 1 heterocycles. The molecule has 0 bridgehead atoms. The number of aromatic nitrogens is 1. The van der Waals surface area contributed by atoms with E-state index in [1.807, 2.05) is 49.4 Å². The van der Waals surface area contributed by atoms with E-state index >= 15 is 0 Å². The molecule has 0 fully saturated rings. The van der Waals surface area contributed by atoms with Gasteiger partial charge in [0, 0.05) is 4.90 Å². The van der Waals surface area contributed by atoms with Gasteiger partial charge in [-0.3, -0.25) is 4.79 Å². The summed E-state index contributed by atoms with van der Waals surface area (Å²) in [5, 5.41) is 3.22. The van der Waals surface area contributed by atoms with Gasteiger partial charge in [0.05, 0.1) is 24.2 Å². The van der Waals surface area contributed by atoms with Gasteiger partial charge in [0.2, 0.25) is 5.91 Å². The third-order valence-corrected chi connectivity index (χ3v) is 5.62. The normalized spacial score (nSPS) is 12.0. The maximum atomic E-state index is 12.4. The third kappa shape index (κ3) is 4.05. The lowest BCUT2D eigenvalue weighted by molar-refractivity contribution is -0.115. The summed E-state index contributed by atoms with van der Waals surface area (Å²) in [6.07, 6.45) is 0. The molecule has 0 radical (unpaired) electrons. The molecule has 1 unspecified atom stereocenters. The van der Waals surface area contributed by atoms with E-state index in [2.05, 4.69) is 10.3 Å². The fourth-order valence-electron chi connectivity index (χ4n) is 2.26. The molecule has 3 aromatic rings. The number of thiazole rings is 1. The van der Waals surface area contributed by atoms with Gasteiger partial charge in [-0.2, -0.15) is 0 Å². The zero-order valence-electron chi connectivity index (χ0n) is 14.1. The van der Waals surface area contributed by atoms with Gasteiger partial charge >= 0.3 is 0 Å². The number of nitrogens with zero attached hydrogens (tertiary/aromatic N) is 1. The summed E-state index contributed by atoms with van der Waals surface area (Å²) < 4.78 is 11.4. The summed E-state index contributed by atoms with van der Waals surface area (Å²) in [4.78, 5) is 17.9. The molecular formula is C18H18N2O3S2. The largest absolute Gasteiger partial charge is 0.497 e. The molecule has 0 saturated heterocycles. The number of anilines is 1. The molecule has 2 aromatic carbocycles. The molecular weight excluding hydrogens is 356 g/mol. The molecule has 0 aliphatic rings. The molecule has 0 spiro atoms. The summed E-state index contributed by atoms with van der Waals surface area (Å²) in [7, 11) is 3.24. The molecule has 3 rings (SSSR count). The Morgan fingerprint density at radius 2 is 1.92 bits per heavy atom. The van der Waals surface area contributed by atoms with Crippen LogP contribution in [0, 0.1) is 0 Å². The first-order valence-corrected chi connectivity index (χ1v) is 9.35. The summed E-state index contributed by atoms with van der Waals surface area (Å²) in [5.41, 5.74) is 0.765. The van der Waals surface area contributed by atoms with Gasteiger partial charge in [0.1, 0.15) is 17.0 Å². The van der Waals surface area contributed by atoms with E-state index in [0.717, 1.165) is 20.9 Å². The molecule has 25 heavy (non-hydrogen) atoms. The second-order valence-corrected chi connectivity index (χ2v) is 7.70. The topological polar surface area (TPSA) is 60.5 Å². The van der Waals surface area contributed by atoms with Crippen molar-refractivity contribution in [2.24, 2.45) is 0 Å². The van der Waals surface area contributed by atoms with Crippen molar-refractivity contribution in [3.05, 3.63) is 42.5 Å². The van der Waals surface area contributed by atoms with E-state index in [1.165, 1.54) is 23.1 Å². The van der Waals surface area contributed by atoms with Crippen molar-refractivity contribution in [2.45, 2.75) is 17.1 Å². The van der Waals surface area contributed by atoms with Gasteiger partial charge in [-0.1, -0.05) is 17.4 Å². The minimum Gasteiger partial charge on any atom is -0.497 e. The van der Waals surface area contributed by atoms with Crippen molar-refractivity contribution in [1.82, 2.24) is 4.98 Å². The predicted molar refractivity (Wildman–Crippen MR) is 103 cm³/mol. The second kappa shape index (κ2) is 7.76. The lowest BCUT2D eigenvalue weighted by Crippen LogP contribution is -2.22. The van der Waals surface area contributed by atoms with E-state index in [0.29, 0.717) is 10.9 Å². The van der Waals surface area contributed by atoms with Gasteiger partial charge in [-0.15, -0.1) is 11.8 Å². The maximum Gasteiger partial charge on any atom is 0.239 e. The van der Waals surface area contributed by atoms with Crippen molar-refractivity contribution in [2.75, 3.05) is 19.5 Å². The highest BCUT2D eigenvalue weighted by Crippen LogP contribution is 2.33. The van der Waals surface area contributed by atoms with Crippen molar-refractivity contribution in [3.63, 3.8) is 0 Å². The number of methoxy groups -OCH3 is 2. The fourth-order valence-corrected chi connectivity index (χ4v) is 4.01. The highest BCUT2D eigenvalue weighted by molar-refractivity contribution is 8.00. The lowest BCUT2D eigenvalue weighted by Gasteiger charge is -2.10. The Morgan fingerprint density at radius 1 is 1.16 bits per heavy atom. The molecule has 130 valence electrons. The molecule has 7 heteroatoms. The molecule has 0 aliphatic heterocycles. The van der Waals surface area contributed by atoms with E-state index in [4.69, 9.17) is 9.47 Å². The van der Waals surface area contributed by atoms with E-state index in [-0.39, 0.29) is 11.2 Å². The van der Waals surface area contributed by atoms with E-state index < -0.39 is 0 Å². The predicted octanol–water partition coefficient (Wildman–Crippen LogP) is 4.43. The Balaban J connectivity index is 1.68. The molecule has 1 amide bonds. The Labute approximate surface area is 154 Å². The summed E-state index contributed by atoms with van der Waals surface area (Å²) >= 11 is 2.92. The zero-order valence-corrected chi connectivity index (χ0v) is 15.7. The number of rotatable bonds is 6. The fraction of sp³-hybridized carbons (Fsp3) is 0.222. The first-order chi connectivity index (χ1) is 12.1. The molecule has 1 N–H and O–H groups in total. The Kier molecular flexibility index (Phi) is 5.45. The van der Waals surface area contributed by atoms with E-state index in [1.54, 1.807) is 14.2 Å². The smallest absolute Gasteiger partial charge is 0.239 e. The molecule has 0 aliphatic carbocycles. The third-order valence-electron chi connectivity index (χ3n) is 3.57.